The monoisotopic (exact) mass is 388 g/mol. The molecule has 0 spiro atoms. The van der Waals surface area contributed by atoms with Gasteiger partial charge >= 0.3 is 0 Å². The number of hydrogen-bond acceptors (Lipinski definition) is 4. The Kier molecular flexibility index (Phi) is 6.60. The van der Waals surface area contributed by atoms with Crippen molar-refractivity contribution in [1.29, 1.82) is 0 Å². The maximum Gasteiger partial charge on any atom is 0.270 e. The number of benzene rings is 2. The summed E-state index contributed by atoms with van der Waals surface area (Å²) in [5.74, 6) is 1.16. The summed E-state index contributed by atoms with van der Waals surface area (Å²) in [5, 5.41) is 2.98. The summed E-state index contributed by atoms with van der Waals surface area (Å²) in [7, 11) is 0. The summed E-state index contributed by atoms with van der Waals surface area (Å²) in [6.07, 6.45) is 0. The van der Waals surface area contributed by atoms with Crippen molar-refractivity contribution < 1.29 is 4.79 Å². The van der Waals surface area contributed by atoms with Gasteiger partial charge in [-0.05, 0) is 44.4 Å². The second-order valence-electron chi connectivity index (χ2n) is 7.48. The highest BCUT2D eigenvalue weighted by molar-refractivity contribution is 5.93. The van der Waals surface area contributed by atoms with E-state index < -0.39 is 0 Å². The van der Waals surface area contributed by atoms with Crippen molar-refractivity contribution in [2.45, 2.75) is 46.8 Å². The van der Waals surface area contributed by atoms with Crippen LogP contribution in [0.15, 0.2) is 60.7 Å². The molecule has 0 aliphatic carbocycles. The number of rotatable bonds is 7. The fourth-order valence-corrected chi connectivity index (χ4v) is 3.20. The average Bonchev–Trinajstić information content (AvgIpc) is 2.71. The Morgan fingerprint density at radius 3 is 2.38 bits per heavy atom. The van der Waals surface area contributed by atoms with Gasteiger partial charge in [0.15, 0.2) is 0 Å². The molecule has 3 aromatic rings. The summed E-state index contributed by atoms with van der Waals surface area (Å²) in [5.41, 5.74) is 3.84. The van der Waals surface area contributed by atoms with Crippen molar-refractivity contribution in [3.63, 3.8) is 0 Å². The zero-order chi connectivity index (χ0) is 20.8. The minimum Gasteiger partial charge on any atom is -0.350 e. The smallest absolute Gasteiger partial charge is 0.270 e. The molecule has 0 aliphatic rings. The van der Waals surface area contributed by atoms with Crippen molar-refractivity contribution in [1.82, 2.24) is 15.3 Å². The van der Waals surface area contributed by atoms with Crippen LogP contribution in [0, 0.1) is 13.8 Å². The van der Waals surface area contributed by atoms with Gasteiger partial charge in [0.05, 0.1) is 0 Å². The van der Waals surface area contributed by atoms with Gasteiger partial charge in [-0.25, -0.2) is 9.97 Å². The number of aryl methyl sites for hydroxylation is 2. The number of hydrogen-bond donors (Lipinski definition) is 1. The first-order chi connectivity index (χ1) is 13.9. The van der Waals surface area contributed by atoms with Crippen molar-refractivity contribution in [3.05, 3.63) is 88.9 Å². The van der Waals surface area contributed by atoms with Gasteiger partial charge in [0.1, 0.15) is 17.3 Å². The molecule has 1 heterocycles. The van der Waals surface area contributed by atoms with Crippen LogP contribution in [0.25, 0.3) is 0 Å². The SMILES string of the molecule is Cc1nc(C(=O)NCc2ccccc2C)cc(N(Cc2ccccc2)C(C)C)n1. The molecule has 0 atom stereocenters. The minimum atomic E-state index is -0.191. The molecule has 3 rings (SSSR count). The van der Waals surface area contributed by atoms with Gasteiger partial charge in [-0.15, -0.1) is 0 Å². The molecule has 29 heavy (non-hydrogen) atoms. The lowest BCUT2D eigenvalue weighted by Crippen LogP contribution is -2.32. The predicted octanol–water partition coefficient (Wildman–Crippen LogP) is 4.44. The Balaban J connectivity index is 1.80. The first-order valence-corrected chi connectivity index (χ1v) is 9.93. The molecular weight excluding hydrogens is 360 g/mol. The Labute approximate surface area is 172 Å². The Morgan fingerprint density at radius 1 is 1.00 bits per heavy atom. The third-order valence-electron chi connectivity index (χ3n) is 4.87. The number of carbonyl (C=O) groups excluding carboxylic acids is 1. The van der Waals surface area contributed by atoms with Gasteiger partial charge in [-0.3, -0.25) is 4.79 Å². The minimum absolute atomic E-state index is 0.191. The van der Waals surface area contributed by atoms with E-state index in [-0.39, 0.29) is 11.9 Å². The summed E-state index contributed by atoms with van der Waals surface area (Å²) in [6, 6.07) is 20.3. The zero-order valence-corrected chi connectivity index (χ0v) is 17.5. The summed E-state index contributed by atoms with van der Waals surface area (Å²) >= 11 is 0. The predicted molar refractivity (Wildman–Crippen MR) is 117 cm³/mol. The van der Waals surface area contributed by atoms with Crippen molar-refractivity contribution in [3.8, 4) is 0 Å². The van der Waals surface area contributed by atoms with E-state index in [0.29, 0.717) is 18.1 Å². The normalized spacial score (nSPS) is 10.8. The van der Waals surface area contributed by atoms with Gasteiger partial charge in [-0.2, -0.15) is 0 Å². The molecular formula is C24H28N4O. The second-order valence-corrected chi connectivity index (χ2v) is 7.48. The van der Waals surface area contributed by atoms with Gasteiger partial charge in [0, 0.05) is 25.2 Å². The quantitative estimate of drug-likeness (QED) is 0.650. The fourth-order valence-electron chi connectivity index (χ4n) is 3.20. The molecule has 1 amide bonds. The molecule has 1 aromatic heterocycles. The molecule has 5 nitrogen and oxygen atoms in total. The van der Waals surface area contributed by atoms with E-state index in [1.165, 1.54) is 5.56 Å². The van der Waals surface area contributed by atoms with Crippen LogP contribution in [0.1, 0.15) is 46.9 Å². The molecule has 2 aromatic carbocycles. The highest BCUT2D eigenvalue weighted by Crippen LogP contribution is 2.19. The van der Waals surface area contributed by atoms with E-state index in [1.807, 2.05) is 56.3 Å². The molecule has 0 saturated carbocycles. The van der Waals surface area contributed by atoms with Crippen LogP contribution in [-0.2, 0) is 13.1 Å². The summed E-state index contributed by atoms with van der Waals surface area (Å²) in [4.78, 5) is 23.9. The highest BCUT2D eigenvalue weighted by atomic mass is 16.1. The number of amides is 1. The van der Waals surface area contributed by atoms with Crippen LogP contribution in [0.2, 0.25) is 0 Å². The number of nitrogens with zero attached hydrogens (tertiary/aromatic N) is 3. The zero-order valence-electron chi connectivity index (χ0n) is 17.5. The number of aromatic nitrogens is 2. The molecule has 0 bridgehead atoms. The standard InChI is InChI=1S/C24H28N4O/c1-17(2)28(16-20-11-6-5-7-12-20)23-14-22(26-19(4)27-23)24(29)25-15-21-13-9-8-10-18(21)3/h5-14,17H,15-16H2,1-4H3,(H,25,29). The Morgan fingerprint density at radius 2 is 1.69 bits per heavy atom. The number of nitrogens with one attached hydrogen (secondary N) is 1. The average molecular weight is 389 g/mol. The van der Waals surface area contributed by atoms with Crippen LogP contribution in [0.4, 0.5) is 5.82 Å². The second kappa shape index (κ2) is 9.32. The molecule has 0 aliphatic heterocycles. The van der Waals surface area contributed by atoms with E-state index in [4.69, 9.17) is 0 Å². The van der Waals surface area contributed by atoms with Gasteiger partial charge in [0.25, 0.3) is 5.91 Å². The van der Waals surface area contributed by atoms with E-state index in [2.05, 4.69) is 46.2 Å². The van der Waals surface area contributed by atoms with Crippen LogP contribution in [0.3, 0.4) is 0 Å². The third kappa shape index (κ3) is 5.41. The lowest BCUT2D eigenvalue weighted by atomic mass is 10.1. The van der Waals surface area contributed by atoms with Crippen LogP contribution >= 0.6 is 0 Å². The van der Waals surface area contributed by atoms with E-state index in [9.17, 15) is 4.79 Å². The first kappa shape index (κ1) is 20.5. The molecule has 150 valence electrons. The molecule has 0 fully saturated rings. The first-order valence-electron chi connectivity index (χ1n) is 9.93. The highest BCUT2D eigenvalue weighted by Gasteiger charge is 2.17. The maximum absolute atomic E-state index is 12.8. The van der Waals surface area contributed by atoms with E-state index in [0.717, 1.165) is 23.5 Å². The Hall–Kier alpha value is -3.21. The van der Waals surface area contributed by atoms with Crippen LogP contribution in [-0.4, -0.2) is 21.9 Å². The molecule has 5 heteroatoms. The molecule has 0 radical (unpaired) electrons. The lowest BCUT2D eigenvalue weighted by Gasteiger charge is -2.28. The van der Waals surface area contributed by atoms with Crippen LogP contribution in [0.5, 0.6) is 0 Å². The molecule has 1 N–H and O–H groups in total. The Bertz CT molecular complexity index is 970. The van der Waals surface area contributed by atoms with Crippen molar-refractivity contribution >= 4 is 11.7 Å². The molecule has 0 unspecified atom stereocenters. The lowest BCUT2D eigenvalue weighted by molar-refractivity contribution is 0.0945. The van der Waals surface area contributed by atoms with Gasteiger partial charge in [0.2, 0.25) is 0 Å². The van der Waals surface area contributed by atoms with Gasteiger partial charge < -0.3 is 10.2 Å². The van der Waals surface area contributed by atoms with E-state index in [1.54, 1.807) is 6.07 Å². The van der Waals surface area contributed by atoms with Crippen molar-refractivity contribution in [2.75, 3.05) is 4.90 Å². The summed E-state index contributed by atoms with van der Waals surface area (Å²) in [6.45, 7) is 9.30. The largest absolute Gasteiger partial charge is 0.350 e. The maximum atomic E-state index is 12.8. The topological polar surface area (TPSA) is 58.1 Å². The third-order valence-corrected chi connectivity index (χ3v) is 4.87. The summed E-state index contributed by atoms with van der Waals surface area (Å²) < 4.78 is 0. The fraction of sp³-hybridized carbons (Fsp3) is 0.292. The van der Waals surface area contributed by atoms with Gasteiger partial charge in [-0.1, -0.05) is 54.6 Å². The number of anilines is 1. The van der Waals surface area contributed by atoms with Crippen molar-refractivity contribution in [2.24, 2.45) is 0 Å². The number of carbonyl (C=O) groups is 1. The van der Waals surface area contributed by atoms with E-state index >= 15 is 0 Å². The van der Waals surface area contributed by atoms with Crippen LogP contribution < -0.4 is 10.2 Å². The molecule has 0 saturated heterocycles.